The number of aryl methyl sites for hydroxylation is 1. The maximum absolute atomic E-state index is 11.9. The van der Waals surface area contributed by atoms with Crippen molar-refractivity contribution in [3.8, 4) is 0 Å². The molecule has 0 bridgehead atoms. The molecule has 1 aromatic heterocycles. The third-order valence-electron chi connectivity index (χ3n) is 3.47. The summed E-state index contributed by atoms with van der Waals surface area (Å²) in [7, 11) is 1.85. The van der Waals surface area contributed by atoms with Crippen LogP contribution in [0.15, 0.2) is 12.4 Å². The highest BCUT2D eigenvalue weighted by Crippen LogP contribution is 2.14. The largest absolute Gasteiger partial charge is 0.396 e. The average molecular weight is 296 g/mol. The van der Waals surface area contributed by atoms with Crippen LogP contribution in [-0.2, 0) is 7.05 Å². The number of hydrogen-bond donors (Lipinski definition) is 3. The summed E-state index contributed by atoms with van der Waals surface area (Å²) in [5.41, 5.74) is 0.974. The summed E-state index contributed by atoms with van der Waals surface area (Å²) < 4.78 is 1.71. The Morgan fingerprint density at radius 3 is 2.67 bits per heavy atom. The van der Waals surface area contributed by atoms with E-state index in [1.807, 2.05) is 20.2 Å². The van der Waals surface area contributed by atoms with Crippen LogP contribution in [0, 0.1) is 11.8 Å². The van der Waals surface area contributed by atoms with E-state index >= 15 is 0 Å². The van der Waals surface area contributed by atoms with Crippen molar-refractivity contribution in [3.05, 3.63) is 18.0 Å². The van der Waals surface area contributed by atoms with E-state index in [0.29, 0.717) is 18.4 Å². The highest BCUT2D eigenvalue weighted by atomic mass is 16.3. The lowest BCUT2D eigenvalue weighted by Gasteiger charge is -2.20. The molecule has 2 unspecified atom stereocenters. The summed E-state index contributed by atoms with van der Waals surface area (Å²) in [4.78, 5) is 11.9. The van der Waals surface area contributed by atoms with Crippen molar-refractivity contribution < 1.29 is 9.90 Å². The predicted molar refractivity (Wildman–Crippen MR) is 82.8 cm³/mol. The van der Waals surface area contributed by atoms with Gasteiger partial charge in [0, 0.05) is 32.0 Å². The van der Waals surface area contributed by atoms with Gasteiger partial charge in [-0.05, 0) is 31.6 Å². The molecular weight excluding hydrogens is 268 g/mol. The molecule has 0 aliphatic carbocycles. The van der Waals surface area contributed by atoms with E-state index in [1.54, 1.807) is 10.9 Å². The number of rotatable bonds is 8. The van der Waals surface area contributed by atoms with Gasteiger partial charge in [-0.25, -0.2) is 4.79 Å². The Bertz CT molecular complexity index is 431. The van der Waals surface area contributed by atoms with Crippen molar-refractivity contribution in [1.29, 1.82) is 0 Å². The quantitative estimate of drug-likeness (QED) is 0.684. The lowest BCUT2D eigenvalue weighted by atomic mass is 9.94. The Morgan fingerprint density at radius 2 is 2.14 bits per heavy atom. The lowest BCUT2D eigenvalue weighted by Crippen LogP contribution is -2.39. The van der Waals surface area contributed by atoms with Crippen molar-refractivity contribution >= 4 is 6.03 Å². The van der Waals surface area contributed by atoms with E-state index in [-0.39, 0.29) is 18.7 Å². The molecule has 0 radical (unpaired) electrons. The first-order valence-electron chi connectivity index (χ1n) is 7.56. The normalized spacial score (nSPS) is 14.0. The monoisotopic (exact) mass is 296 g/mol. The Balaban J connectivity index is 2.38. The molecule has 21 heavy (non-hydrogen) atoms. The topological polar surface area (TPSA) is 79.2 Å². The van der Waals surface area contributed by atoms with Crippen LogP contribution in [-0.4, -0.2) is 34.1 Å². The second-order valence-corrected chi connectivity index (χ2v) is 6.03. The van der Waals surface area contributed by atoms with Gasteiger partial charge in [-0.15, -0.1) is 0 Å². The van der Waals surface area contributed by atoms with Gasteiger partial charge in [0.15, 0.2) is 0 Å². The summed E-state index contributed by atoms with van der Waals surface area (Å²) >= 11 is 0. The molecule has 6 heteroatoms. The van der Waals surface area contributed by atoms with Crippen LogP contribution in [0.4, 0.5) is 4.79 Å². The fraction of sp³-hybridized carbons (Fsp3) is 0.733. The van der Waals surface area contributed by atoms with Gasteiger partial charge >= 0.3 is 6.03 Å². The number of amides is 2. The number of nitrogens with zero attached hydrogens (tertiary/aromatic N) is 2. The second-order valence-electron chi connectivity index (χ2n) is 6.03. The summed E-state index contributed by atoms with van der Waals surface area (Å²) in [5.74, 6) is 0.871. The molecule has 0 spiro atoms. The third-order valence-corrected chi connectivity index (χ3v) is 3.47. The zero-order chi connectivity index (χ0) is 15.8. The molecule has 0 saturated carbocycles. The van der Waals surface area contributed by atoms with Gasteiger partial charge in [0.2, 0.25) is 0 Å². The second kappa shape index (κ2) is 8.67. The van der Waals surface area contributed by atoms with E-state index in [1.165, 1.54) is 0 Å². The summed E-state index contributed by atoms with van der Waals surface area (Å²) in [6.45, 7) is 6.97. The number of hydrogen-bond acceptors (Lipinski definition) is 3. The fourth-order valence-corrected chi connectivity index (χ4v) is 2.38. The summed E-state index contributed by atoms with van der Waals surface area (Å²) in [6.07, 6.45) is 5.35. The first-order chi connectivity index (χ1) is 9.92. The van der Waals surface area contributed by atoms with Gasteiger partial charge in [0.1, 0.15) is 0 Å². The molecule has 0 aromatic carbocycles. The molecule has 2 amide bonds. The molecule has 1 rings (SSSR count). The van der Waals surface area contributed by atoms with E-state index in [2.05, 4.69) is 29.6 Å². The first kappa shape index (κ1) is 17.5. The number of aliphatic hydroxyl groups excluding tert-OH is 1. The van der Waals surface area contributed by atoms with Crippen LogP contribution in [0.2, 0.25) is 0 Å². The maximum atomic E-state index is 11.9. The summed E-state index contributed by atoms with van der Waals surface area (Å²) in [6, 6.07) is -0.266. The van der Waals surface area contributed by atoms with E-state index < -0.39 is 0 Å². The molecule has 1 heterocycles. The Hall–Kier alpha value is -1.56. The molecule has 0 saturated heterocycles. The first-order valence-corrected chi connectivity index (χ1v) is 7.56. The van der Waals surface area contributed by atoms with Gasteiger partial charge in [-0.2, -0.15) is 5.10 Å². The zero-order valence-electron chi connectivity index (χ0n) is 13.5. The van der Waals surface area contributed by atoms with Gasteiger partial charge in [-0.3, -0.25) is 4.68 Å². The molecule has 0 aliphatic rings. The van der Waals surface area contributed by atoms with Crippen molar-refractivity contribution in [1.82, 2.24) is 20.4 Å². The molecule has 0 aliphatic heterocycles. The number of carbonyl (C=O) groups excluding carboxylic acids is 1. The van der Waals surface area contributed by atoms with Crippen LogP contribution in [0.1, 0.15) is 45.2 Å². The molecule has 120 valence electrons. The smallest absolute Gasteiger partial charge is 0.315 e. The predicted octanol–water partition coefficient (Wildman–Crippen LogP) is 1.82. The van der Waals surface area contributed by atoms with Crippen LogP contribution < -0.4 is 10.6 Å². The summed E-state index contributed by atoms with van der Waals surface area (Å²) in [5, 5.41) is 19.0. The molecule has 3 N–H and O–H groups in total. The SMILES string of the molecule is CC(C)CC(CCO)CNC(=O)NC(C)c1cnn(C)c1. The van der Waals surface area contributed by atoms with E-state index in [9.17, 15) is 4.79 Å². The number of nitrogens with one attached hydrogen (secondary N) is 2. The fourth-order valence-electron chi connectivity index (χ4n) is 2.38. The molecule has 1 aromatic rings. The van der Waals surface area contributed by atoms with Crippen LogP contribution in [0.25, 0.3) is 0 Å². The zero-order valence-corrected chi connectivity index (χ0v) is 13.5. The van der Waals surface area contributed by atoms with Crippen molar-refractivity contribution in [3.63, 3.8) is 0 Å². The van der Waals surface area contributed by atoms with Gasteiger partial charge < -0.3 is 15.7 Å². The Morgan fingerprint density at radius 1 is 1.43 bits per heavy atom. The average Bonchev–Trinajstić information content (AvgIpc) is 2.82. The van der Waals surface area contributed by atoms with Crippen LogP contribution in [0.3, 0.4) is 0 Å². The highest BCUT2D eigenvalue weighted by Gasteiger charge is 2.14. The van der Waals surface area contributed by atoms with E-state index in [4.69, 9.17) is 5.11 Å². The number of aromatic nitrogens is 2. The minimum Gasteiger partial charge on any atom is -0.396 e. The molecular formula is C15H28N4O2. The molecule has 2 atom stereocenters. The van der Waals surface area contributed by atoms with Crippen LogP contribution >= 0.6 is 0 Å². The number of aliphatic hydroxyl groups is 1. The van der Waals surface area contributed by atoms with Gasteiger partial charge in [0.05, 0.1) is 12.2 Å². The Labute approximate surface area is 126 Å². The third kappa shape index (κ3) is 6.62. The minimum atomic E-state index is -0.182. The standard InChI is InChI=1S/C15H28N4O2/c1-11(2)7-13(5-6-20)8-16-15(21)18-12(3)14-9-17-19(4)10-14/h9-13,20H,5-8H2,1-4H3,(H2,16,18,21). The van der Waals surface area contributed by atoms with E-state index in [0.717, 1.165) is 18.4 Å². The molecule has 0 fully saturated rings. The Kier molecular flexibility index (Phi) is 7.22. The van der Waals surface area contributed by atoms with Crippen molar-refractivity contribution in [2.24, 2.45) is 18.9 Å². The van der Waals surface area contributed by atoms with Gasteiger partial charge in [0.25, 0.3) is 0 Å². The van der Waals surface area contributed by atoms with Crippen LogP contribution in [0.5, 0.6) is 0 Å². The number of urea groups is 1. The van der Waals surface area contributed by atoms with Crippen molar-refractivity contribution in [2.75, 3.05) is 13.2 Å². The molecule has 6 nitrogen and oxygen atoms in total. The minimum absolute atomic E-state index is 0.0832. The number of carbonyl (C=O) groups is 1. The highest BCUT2D eigenvalue weighted by molar-refractivity contribution is 5.74. The maximum Gasteiger partial charge on any atom is 0.315 e. The van der Waals surface area contributed by atoms with Crippen molar-refractivity contribution in [2.45, 2.75) is 39.7 Å². The van der Waals surface area contributed by atoms with Gasteiger partial charge in [-0.1, -0.05) is 13.8 Å². The lowest BCUT2D eigenvalue weighted by molar-refractivity contribution is 0.223.